The molecule has 5 aromatic carbocycles. The van der Waals surface area contributed by atoms with Gasteiger partial charge in [-0.15, -0.1) is 0 Å². The zero-order valence-corrected chi connectivity index (χ0v) is 25.2. The number of hydrogen-bond donors (Lipinski definition) is 2. The van der Waals surface area contributed by atoms with Crippen LogP contribution in [0.4, 0.5) is 0 Å². The fourth-order valence-electron chi connectivity index (χ4n) is 9.18. The van der Waals surface area contributed by atoms with Crippen LogP contribution in [0.1, 0.15) is 39.8 Å². The van der Waals surface area contributed by atoms with E-state index in [0.717, 1.165) is 38.6 Å². The largest absolute Gasteiger partial charge is 0.369 e. The Morgan fingerprint density at radius 1 is 0.795 bits per heavy atom. The van der Waals surface area contributed by atoms with Crippen molar-refractivity contribution in [2.45, 2.75) is 23.2 Å². The molecular weight excluding hydrogens is 587 g/mol. The number of nitrogens with zero attached hydrogens (tertiary/aromatic N) is 1. The molecule has 9 rings (SSSR count). The Kier molecular flexibility index (Phi) is 5.53. The first-order chi connectivity index (χ1) is 21.4. The zero-order chi connectivity index (χ0) is 29.8. The number of hydrogen-bond acceptors (Lipinski definition) is 4. The van der Waals surface area contributed by atoms with Crippen molar-refractivity contribution in [2.75, 3.05) is 13.1 Å². The molecule has 1 aliphatic carbocycles. The lowest BCUT2D eigenvalue weighted by molar-refractivity contribution is -0.139. The summed E-state index contributed by atoms with van der Waals surface area (Å²) in [6, 6.07) is 37.7. The summed E-state index contributed by atoms with van der Waals surface area (Å²) < 4.78 is 0. The average molecular weight is 616 g/mol. The number of benzene rings is 5. The summed E-state index contributed by atoms with van der Waals surface area (Å²) in [7, 11) is 0. The Labute approximate surface area is 265 Å². The maximum absolute atomic E-state index is 15.6. The monoisotopic (exact) mass is 614 g/mol. The molecule has 3 aliphatic heterocycles. The van der Waals surface area contributed by atoms with Crippen molar-refractivity contribution in [3.63, 3.8) is 0 Å². The van der Waals surface area contributed by atoms with Gasteiger partial charge in [0, 0.05) is 46.2 Å². The minimum Gasteiger partial charge on any atom is -0.369 e. The number of halogens is 2. The third-order valence-electron chi connectivity index (χ3n) is 10.7. The number of carbonyl (C=O) groups is 1. The van der Waals surface area contributed by atoms with E-state index < -0.39 is 16.7 Å². The molecule has 0 radical (unpaired) electrons. The molecule has 3 fully saturated rings. The van der Waals surface area contributed by atoms with Crippen molar-refractivity contribution in [2.24, 2.45) is 5.41 Å². The summed E-state index contributed by atoms with van der Waals surface area (Å²) in [6.07, 6.45) is 1.92. The number of nitrogens with one attached hydrogen (secondary N) is 1. The highest BCUT2D eigenvalue weighted by atomic mass is 35.5. The summed E-state index contributed by atoms with van der Waals surface area (Å²) in [4.78, 5) is 17.7. The van der Waals surface area contributed by atoms with Gasteiger partial charge in [0.05, 0.1) is 5.41 Å². The average Bonchev–Trinajstić information content (AvgIpc) is 3.54. The van der Waals surface area contributed by atoms with Crippen LogP contribution in [0.2, 0.25) is 10.0 Å². The Morgan fingerprint density at radius 3 is 2.23 bits per heavy atom. The van der Waals surface area contributed by atoms with Crippen LogP contribution >= 0.6 is 23.2 Å². The van der Waals surface area contributed by atoms with Crippen LogP contribution in [0.5, 0.6) is 0 Å². The maximum Gasteiger partial charge on any atom is 0.170 e. The standard InChI is InChI=1S/C38H28Cl2N2O2/c39-30-18-6-4-12-25(30)20-26-21-42-22-36(35(26)43)33(27-15-5-7-19-31(27)40)34(24-10-2-1-3-11-24)41-37(36)28-16-8-13-23-14-9-17-29(32(23)28)38(37,42)44/h1-20,33-34,41,44H,21-22H2/b26-20+/t33-,34-,36+,37-,38-/m0/s1. The molecule has 44 heavy (non-hydrogen) atoms. The van der Waals surface area contributed by atoms with E-state index in [9.17, 15) is 5.11 Å². The van der Waals surface area contributed by atoms with Crippen LogP contribution in [0.15, 0.2) is 121 Å². The van der Waals surface area contributed by atoms with E-state index in [0.29, 0.717) is 28.7 Å². The van der Waals surface area contributed by atoms with Gasteiger partial charge in [0.15, 0.2) is 11.5 Å². The van der Waals surface area contributed by atoms with Crippen LogP contribution < -0.4 is 5.32 Å². The van der Waals surface area contributed by atoms with E-state index in [1.165, 1.54) is 0 Å². The van der Waals surface area contributed by atoms with Crippen LogP contribution in [-0.4, -0.2) is 28.9 Å². The van der Waals surface area contributed by atoms with Gasteiger partial charge in [-0.3, -0.25) is 15.0 Å². The van der Waals surface area contributed by atoms with E-state index in [4.69, 9.17) is 23.2 Å². The van der Waals surface area contributed by atoms with E-state index in [-0.39, 0.29) is 17.7 Å². The van der Waals surface area contributed by atoms with E-state index in [1.807, 2.05) is 91.0 Å². The second kappa shape index (κ2) is 9.13. The number of fused-ring (bicyclic) bond motifs is 3. The summed E-state index contributed by atoms with van der Waals surface area (Å²) in [6.45, 7) is 0.667. The number of piperidine rings is 1. The predicted octanol–water partition coefficient (Wildman–Crippen LogP) is 7.60. The van der Waals surface area contributed by atoms with Gasteiger partial charge < -0.3 is 5.11 Å². The second-order valence-electron chi connectivity index (χ2n) is 12.5. The Balaban J connectivity index is 1.41. The lowest BCUT2D eigenvalue weighted by Gasteiger charge is -2.44. The van der Waals surface area contributed by atoms with Crippen molar-refractivity contribution in [1.29, 1.82) is 0 Å². The van der Waals surface area contributed by atoms with Crippen molar-refractivity contribution >= 4 is 45.8 Å². The van der Waals surface area contributed by atoms with Crippen LogP contribution in [0.3, 0.4) is 0 Å². The number of carbonyl (C=O) groups excluding carboxylic acids is 1. The van der Waals surface area contributed by atoms with Crippen LogP contribution in [-0.2, 0) is 16.1 Å². The third-order valence-corrected chi connectivity index (χ3v) is 11.4. The Bertz CT molecular complexity index is 2060. The molecule has 0 aromatic heterocycles. The maximum atomic E-state index is 15.6. The van der Waals surface area contributed by atoms with Gasteiger partial charge in [-0.05, 0) is 51.2 Å². The Morgan fingerprint density at radius 2 is 1.48 bits per heavy atom. The highest BCUT2D eigenvalue weighted by Gasteiger charge is 2.85. The van der Waals surface area contributed by atoms with Gasteiger partial charge in [0.1, 0.15) is 5.54 Å². The van der Waals surface area contributed by atoms with Crippen molar-refractivity contribution < 1.29 is 9.90 Å². The van der Waals surface area contributed by atoms with Crippen molar-refractivity contribution in [1.82, 2.24) is 10.2 Å². The van der Waals surface area contributed by atoms with E-state index >= 15 is 4.79 Å². The molecule has 0 amide bonds. The highest BCUT2D eigenvalue weighted by molar-refractivity contribution is 6.32. The van der Waals surface area contributed by atoms with Gasteiger partial charge in [0.25, 0.3) is 0 Å². The second-order valence-corrected chi connectivity index (χ2v) is 13.3. The smallest absolute Gasteiger partial charge is 0.170 e. The lowest BCUT2D eigenvalue weighted by atomic mass is 9.57. The van der Waals surface area contributed by atoms with Gasteiger partial charge in [0.2, 0.25) is 0 Å². The summed E-state index contributed by atoms with van der Waals surface area (Å²) in [5.74, 6) is -0.368. The first-order valence-electron chi connectivity index (χ1n) is 15.0. The van der Waals surface area contributed by atoms with Crippen LogP contribution in [0, 0.1) is 5.41 Å². The van der Waals surface area contributed by atoms with E-state index in [1.54, 1.807) is 0 Å². The molecule has 2 bridgehead atoms. The molecule has 4 nitrogen and oxygen atoms in total. The third kappa shape index (κ3) is 3.03. The topological polar surface area (TPSA) is 52.6 Å². The minimum absolute atomic E-state index is 0.0188. The molecule has 2 N–H and O–H groups in total. The van der Waals surface area contributed by atoms with Gasteiger partial charge in [-0.2, -0.15) is 0 Å². The number of rotatable bonds is 3. The molecule has 3 saturated heterocycles. The van der Waals surface area contributed by atoms with Crippen molar-refractivity contribution in [3.05, 3.63) is 159 Å². The van der Waals surface area contributed by atoms with Gasteiger partial charge in [-0.1, -0.05) is 126 Å². The molecule has 1 unspecified atom stereocenters. The highest BCUT2D eigenvalue weighted by Crippen LogP contribution is 2.76. The molecule has 2 spiro atoms. The summed E-state index contributed by atoms with van der Waals surface area (Å²) in [5.41, 5.74) is 1.39. The minimum atomic E-state index is -1.50. The van der Waals surface area contributed by atoms with Crippen LogP contribution in [0.25, 0.3) is 16.8 Å². The zero-order valence-electron chi connectivity index (χ0n) is 23.7. The first-order valence-corrected chi connectivity index (χ1v) is 15.7. The normalized spacial score (nSPS) is 32.3. The molecule has 6 atom stereocenters. The Hall–Kier alpha value is -3.77. The molecular formula is C38H28Cl2N2O2. The number of Topliss-reactive ketones (excluding diaryl/α,β-unsaturated/α-hetero) is 1. The SMILES string of the molecule is O=C1/C(=C/c2ccccc2Cl)CN2C[C@@]13[C@@H](c1ccccc1Cl)[C@H](c1ccccc1)N[C@@]31c3cccc4cccc(c34)[C@@]21O. The summed E-state index contributed by atoms with van der Waals surface area (Å²) >= 11 is 13.7. The molecule has 0 saturated carbocycles. The fraction of sp³-hybridized carbons (Fsp3) is 0.184. The first kappa shape index (κ1) is 26.6. The van der Waals surface area contributed by atoms with Crippen molar-refractivity contribution in [3.8, 4) is 0 Å². The molecule has 5 aromatic rings. The lowest BCUT2D eigenvalue weighted by Crippen LogP contribution is -2.59. The molecule has 6 heteroatoms. The van der Waals surface area contributed by atoms with Gasteiger partial charge >= 0.3 is 0 Å². The number of aliphatic hydroxyl groups is 1. The fourth-order valence-corrected chi connectivity index (χ4v) is 9.63. The predicted molar refractivity (Wildman–Crippen MR) is 174 cm³/mol. The molecule has 4 aliphatic rings. The quantitative estimate of drug-likeness (QED) is 0.205. The van der Waals surface area contributed by atoms with Gasteiger partial charge in [-0.25, -0.2) is 0 Å². The molecule has 216 valence electrons. The van der Waals surface area contributed by atoms with E-state index in [2.05, 4.69) is 40.5 Å². The molecule has 3 heterocycles. The summed E-state index contributed by atoms with van der Waals surface area (Å²) in [5, 5.41) is 20.8. The number of ketones is 1.